The second-order valence-corrected chi connectivity index (χ2v) is 7.61. The van der Waals surface area contributed by atoms with Crippen LogP contribution in [0.4, 0.5) is 17.6 Å². The third kappa shape index (κ3) is 3.89. The summed E-state index contributed by atoms with van der Waals surface area (Å²) in [5.41, 5.74) is 0.0768. The molecule has 1 aliphatic heterocycles. The van der Waals surface area contributed by atoms with Crippen molar-refractivity contribution in [1.29, 1.82) is 0 Å². The maximum absolute atomic E-state index is 14.7. The zero-order chi connectivity index (χ0) is 23.9. The summed E-state index contributed by atoms with van der Waals surface area (Å²) >= 11 is 0. The van der Waals surface area contributed by atoms with Gasteiger partial charge in [-0.1, -0.05) is 6.07 Å². The summed E-state index contributed by atoms with van der Waals surface area (Å²) in [5.74, 6) is -2.33. The van der Waals surface area contributed by atoms with Crippen molar-refractivity contribution in [2.45, 2.75) is 18.3 Å². The van der Waals surface area contributed by atoms with Crippen LogP contribution in [0.2, 0.25) is 0 Å². The summed E-state index contributed by atoms with van der Waals surface area (Å²) in [4.78, 5) is 21.8. The van der Waals surface area contributed by atoms with E-state index in [1.54, 1.807) is 47.3 Å². The van der Waals surface area contributed by atoms with E-state index in [9.17, 15) is 22.4 Å². The molecule has 0 bridgehead atoms. The van der Waals surface area contributed by atoms with E-state index < -0.39 is 29.4 Å². The summed E-state index contributed by atoms with van der Waals surface area (Å²) < 4.78 is 63.6. The molecular weight excluding hydrogens is 456 g/mol. The fourth-order valence-corrected chi connectivity index (χ4v) is 4.03. The average molecular weight is 472 g/mol. The van der Waals surface area contributed by atoms with Crippen LogP contribution in [0.15, 0.2) is 67.3 Å². The van der Waals surface area contributed by atoms with Gasteiger partial charge in [0.1, 0.15) is 22.6 Å². The van der Waals surface area contributed by atoms with Gasteiger partial charge in [-0.25, -0.2) is 9.37 Å². The van der Waals surface area contributed by atoms with Crippen molar-refractivity contribution in [3.05, 3.63) is 89.9 Å². The number of fused-ring (bicyclic) bond motifs is 2. The highest BCUT2D eigenvalue weighted by molar-refractivity contribution is 5.95. The lowest BCUT2D eigenvalue weighted by molar-refractivity contribution is -0.275. The number of nitrogens with zero attached hydrogens (tertiary/aromatic N) is 3. The second-order valence-electron chi connectivity index (χ2n) is 7.61. The predicted molar refractivity (Wildman–Crippen MR) is 111 cm³/mol. The molecule has 1 aromatic carbocycles. The lowest BCUT2D eigenvalue weighted by Gasteiger charge is -2.39. The Kier molecular flexibility index (Phi) is 5.11. The van der Waals surface area contributed by atoms with Crippen molar-refractivity contribution in [2.75, 3.05) is 6.61 Å². The van der Waals surface area contributed by atoms with Gasteiger partial charge in [0.15, 0.2) is 11.6 Å². The van der Waals surface area contributed by atoms with Crippen LogP contribution in [0.5, 0.6) is 11.5 Å². The van der Waals surface area contributed by atoms with Crippen molar-refractivity contribution < 1.29 is 31.8 Å². The number of ether oxygens (including phenoxy) is 2. The molecule has 11 heteroatoms. The van der Waals surface area contributed by atoms with Crippen LogP contribution in [-0.4, -0.2) is 33.2 Å². The Bertz CT molecular complexity index is 1390. The Morgan fingerprint density at radius 3 is 2.79 bits per heavy atom. The van der Waals surface area contributed by atoms with Crippen molar-refractivity contribution in [3.8, 4) is 11.5 Å². The number of rotatable bonds is 4. The maximum atomic E-state index is 14.7. The smallest absolute Gasteiger partial charge is 0.491 e. The van der Waals surface area contributed by atoms with Crippen molar-refractivity contribution in [2.24, 2.45) is 0 Å². The number of nitrogens with one attached hydrogen (secondary N) is 1. The van der Waals surface area contributed by atoms with Gasteiger partial charge in [-0.2, -0.15) is 0 Å². The van der Waals surface area contributed by atoms with Crippen LogP contribution in [0.3, 0.4) is 0 Å². The third-order valence-electron chi connectivity index (χ3n) is 5.54. The Labute approximate surface area is 190 Å². The van der Waals surface area contributed by atoms with Gasteiger partial charge >= 0.3 is 6.36 Å². The first kappa shape index (κ1) is 21.7. The van der Waals surface area contributed by atoms with Crippen LogP contribution in [0.25, 0.3) is 5.65 Å². The molecule has 0 aliphatic carbocycles. The fourth-order valence-electron chi connectivity index (χ4n) is 4.03. The van der Waals surface area contributed by atoms with E-state index in [4.69, 9.17) is 4.74 Å². The Hall–Kier alpha value is -4.15. The molecule has 0 radical (unpaired) electrons. The molecule has 0 fully saturated rings. The van der Waals surface area contributed by atoms with Crippen LogP contribution < -0.4 is 14.8 Å². The van der Waals surface area contributed by atoms with Gasteiger partial charge in [0, 0.05) is 31.2 Å². The number of carbonyl (C=O) groups excluding carboxylic acids is 1. The zero-order valence-electron chi connectivity index (χ0n) is 17.3. The molecule has 4 aromatic rings. The van der Waals surface area contributed by atoms with Gasteiger partial charge in [0.2, 0.25) is 0 Å². The number of halogens is 4. The molecule has 1 atom stereocenters. The minimum atomic E-state index is -5.05. The topological polar surface area (TPSA) is 77.8 Å². The minimum Gasteiger partial charge on any atom is -0.491 e. The highest BCUT2D eigenvalue weighted by Crippen LogP contribution is 2.42. The average Bonchev–Trinajstić information content (AvgIpc) is 3.28. The lowest BCUT2D eigenvalue weighted by Crippen LogP contribution is -2.50. The number of alkyl halides is 3. The molecule has 7 nitrogen and oxygen atoms in total. The number of hydrogen-bond donors (Lipinski definition) is 1. The normalized spacial score (nSPS) is 17.6. The van der Waals surface area contributed by atoms with E-state index in [0.717, 1.165) is 12.1 Å². The van der Waals surface area contributed by atoms with Gasteiger partial charge in [0.05, 0.1) is 12.2 Å². The molecule has 0 unspecified atom stereocenters. The predicted octanol–water partition coefficient (Wildman–Crippen LogP) is 4.22. The minimum absolute atomic E-state index is 0.155. The van der Waals surface area contributed by atoms with Gasteiger partial charge in [-0.15, -0.1) is 13.2 Å². The van der Waals surface area contributed by atoms with Gasteiger partial charge < -0.3 is 19.2 Å². The first-order valence-electron chi connectivity index (χ1n) is 10.1. The summed E-state index contributed by atoms with van der Waals surface area (Å²) in [6.45, 7) is 0.155. The summed E-state index contributed by atoms with van der Waals surface area (Å²) in [7, 11) is 0. The molecule has 0 spiro atoms. The monoisotopic (exact) mass is 472 g/mol. The van der Waals surface area contributed by atoms with Gasteiger partial charge in [-0.3, -0.25) is 9.78 Å². The zero-order valence-corrected chi connectivity index (χ0v) is 17.3. The molecular formula is C23H16F4N4O3. The SMILES string of the molecule is O=C(N[C@]1(c2ccc(OC(F)(F)F)c(F)c2)CCOc2cccnc21)c1ccc2nccn2c1. The Balaban J connectivity index is 1.59. The number of benzene rings is 1. The first-order valence-corrected chi connectivity index (χ1v) is 10.1. The molecule has 1 amide bonds. The first-order chi connectivity index (χ1) is 16.2. The molecule has 0 saturated heterocycles. The Morgan fingerprint density at radius 2 is 2.00 bits per heavy atom. The quantitative estimate of drug-likeness (QED) is 0.450. The number of amides is 1. The Morgan fingerprint density at radius 1 is 1.15 bits per heavy atom. The molecule has 3 aromatic heterocycles. The standard InChI is InChI=1S/C23H16F4N4O3/c24-16-12-15(4-5-17(16)34-23(25,26)27)22(7-11-33-18-2-1-8-29-20(18)22)30-21(32)14-3-6-19-28-9-10-31(19)13-14/h1-6,8-10,12-13H,7,11H2,(H,30,32)/t22-/m0/s1. The molecule has 174 valence electrons. The fraction of sp³-hybridized carbons (Fsp3) is 0.174. The second kappa shape index (κ2) is 8.01. The number of pyridine rings is 2. The van der Waals surface area contributed by atoms with Crippen LogP contribution >= 0.6 is 0 Å². The number of carbonyl (C=O) groups is 1. The summed E-state index contributed by atoms with van der Waals surface area (Å²) in [5, 5.41) is 2.93. The van der Waals surface area contributed by atoms with Crippen molar-refractivity contribution in [3.63, 3.8) is 0 Å². The summed E-state index contributed by atoms with van der Waals surface area (Å²) in [6.07, 6.45) is 1.46. The van der Waals surface area contributed by atoms with E-state index in [-0.39, 0.29) is 18.6 Å². The molecule has 1 N–H and O–H groups in total. The molecule has 0 saturated carbocycles. The van der Waals surface area contributed by atoms with Crippen LogP contribution in [-0.2, 0) is 5.54 Å². The third-order valence-corrected chi connectivity index (χ3v) is 5.54. The van der Waals surface area contributed by atoms with Crippen molar-refractivity contribution in [1.82, 2.24) is 19.7 Å². The van der Waals surface area contributed by atoms with Crippen molar-refractivity contribution >= 4 is 11.6 Å². The van der Waals surface area contributed by atoms with E-state index in [0.29, 0.717) is 22.7 Å². The molecule has 34 heavy (non-hydrogen) atoms. The van der Waals surface area contributed by atoms with Gasteiger partial charge in [0.25, 0.3) is 5.91 Å². The largest absolute Gasteiger partial charge is 0.573 e. The molecule has 4 heterocycles. The summed E-state index contributed by atoms with van der Waals surface area (Å²) in [6, 6.07) is 9.60. The van der Waals surface area contributed by atoms with E-state index in [1.807, 2.05) is 0 Å². The highest BCUT2D eigenvalue weighted by Gasteiger charge is 2.43. The highest BCUT2D eigenvalue weighted by atomic mass is 19.4. The number of aromatic nitrogens is 3. The number of hydrogen-bond acceptors (Lipinski definition) is 5. The van der Waals surface area contributed by atoms with Crippen LogP contribution in [0.1, 0.15) is 28.0 Å². The van der Waals surface area contributed by atoms with E-state index >= 15 is 0 Å². The van der Waals surface area contributed by atoms with E-state index in [1.165, 1.54) is 12.3 Å². The molecule has 5 rings (SSSR count). The number of imidazole rings is 1. The maximum Gasteiger partial charge on any atom is 0.573 e. The van der Waals surface area contributed by atoms with Crippen LogP contribution in [0, 0.1) is 5.82 Å². The van der Waals surface area contributed by atoms with E-state index in [2.05, 4.69) is 20.0 Å². The molecule has 1 aliphatic rings. The lowest BCUT2D eigenvalue weighted by atomic mass is 9.81. The van der Waals surface area contributed by atoms with Gasteiger partial charge in [-0.05, 0) is 42.0 Å².